The fourth-order valence-electron chi connectivity index (χ4n) is 2.89. The van der Waals surface area contributed by atoms with Gasteiger partial charge >= 0.3 is 12.1 Å². The Morgan fingerprint density at radius 2 is 1.70 bits per heavy atom. The van der Waals surface area contributed by atoms with Crippen LogP contribution in [0.1, 0.15) is 53.0 Å². The van der Waals surface area contributed by atoms with Crippen molar-refractivity contribution in [3.8, 4) is 0 Å². The summed E-state index contributed by atoms with van der Waals surface area (Å²) in [5.41, 5.74) is 0.188. The molecule has 6 heteroatoms. The van der Waals surface area contributed by atoms with Crippen molar-refractivity contribution in [3.05, 3.63) is 35.9 Å². The summed E-state index contributed by atoms with van der Waals surface area (Å²) in [4.78, 5) is 36.5. The van der Waals surface area contributed by atoms with Crippen LogP contribution in [0.4, 0.5) is 4.79 Å². The van der Waals surface area contributed by atoms with Gasteiger partial charge in [0, 0.05) is 5.92 Å². The van der Waals surface area contributed by atoms with Crippen LogP contribution in [0, 0.1) is 11.8 Å². The molecule has 0 radical (unpaired) electrons. The Kier molecular flexibility index (Phi) is 8.47. The maximum Gasteiger partial charge on any atom is 0.408 e. The van der Waals surface area contributed by atoms with Crippen LogP contribution in [0.15, 0.2) is 30.3 Å². The summed E-state index contributed by atoms with van der Waals surface area (Å²) in [6.07, 6.45) is -0.201. The van der Waals surface area contributed by atoms with Crippen molar-refractivity contribution in [1.29, 1.82) is 0 Å². The number of hydrogen-bond donors (Lipinski definition) is 2. The molecule has 0 aliphatic rings. The quantitative estimate of drug-likeness (QED) is 0.682. The largest absolute Gasteiger partial charge is 0.481 e. The van der Waals surface area contributed by atoms with Gasteiger partial charge in [0.15, 0.2) is 5.78 Å². The molecule has 0 saturated carbocycles. The third-order valence-corrected chi connectivity index (χ3v) is 3.90. The molecule has 1 unspecified atom stereocenters. The minimum Gasteiger partial charge on any atom is -0.481 e. The monoisotopic (exact) mass is 377 g/mol. The second kappa shape index (κ2) is 10.1. The molecule has 0 bridgehead atoms. The first-order valence-electron chi connectivity index (χ1n) is 9.27. The molecule has 27 heavy (non-hydrogen) atoms. The third-order valence-electron chi connectivity index (χ3n) is 3.90. The van der Waals surface area contributed by atoms with Gasteiger partial charge in [-0.05, 0) is 45.1 Å². The summed E-state index contributed by atoms with van der Waals surface area (Å²) in [5, 5.41) is 11.8. The lowest BCUT2D eigenvalue weighted by Gasteiger charge is -2.26. The molecule has 1 amide bonds. The number of alkyl carbamates (subject to hydrolysis) is 1. The van der Waals surface area contributed by atoms with Gasteiger partial charge in [-0.3, -0.25) is 9.59 Å². The number of ketones is 1. The van der Waals surface area contributed by atoms with Crippen molar-refractivity contribution in [2.24, 2.45) is 11.8 Å². The van der Waals surface area contributed by atoms with E-state index in [-0.39, 0.29) is 24.5 Å². The topological polar surface area (TPSA) is 92.7 Å². The van der Waals surface area contributed by atoms with Crippen molar-refractivity contribution in [1.82, 2.24) is 5.32 Å². The molecular formula is C21H31NO5. The Hall–Kier alpha value is -2.37. The van der Waals surface area contributed by atoms with Gasteiger partial charge in [0.05, 0.1) is 12.5 Å². The predicted molar refractivity (Wildman–Crippen MR) is 104 cm³/mol. The van der Waals surface area contributed by atoms with Crippen LogP contribution in [0.5, 0.6) is 0 Å². The lowest BCUT2D eigenvalue weighted by Crippen LogP contribution is -2.47. The number of nitrogens with one attached hydrogen (secondary N) is 1. The Morgan fingerprint density at radius 1 is 1.11 bits per heavy atom. The highest BCUT2D eigenvalue weighted by atomic mass is 16.6. The van der Waals surface area contributed by atoms with Gasteiger partial charge in [-0.2, -0.15) is 0 Å². The van der Waals surface area contributed by atoms with Crippen molar-refractivity contribution in [3.63, 3.8) is 0 Å². The number of carboxylic acids is 1. The molecule has 1 rings (SSSR count). The van der Waals surface area contributed by atoms with Crippen molar-refractivity contribution < 1.29 is 24.2 Å². The van der Waals surface area contributed by atoms with Crippen LogP contribution in [0.2, 0.25) is 0 Å². The van der Waals surface area contributed by atoms with E-state index < -0.39 is 29.6 Å². The zero-order valence-corrected chi connectivity index (χ0v) is 16.8. The Balaban J connectivity index is 3.03. The molecule has 0 spiro atoms. The summed E-state index contributed by atoms with van der Waals surface area (Å²) in [6, 6.07) is 8.47. The van der Waals surface area contributed by atoms with Crippen LogP contribution in [-0.2, 0) is 20.7 Å². The molecule has 0 aliphatic carbocycles. The SMILES string of the molecule is CC(C)CC(CC(=O)O)C(=O)[C@H](Cc1ccccc1)NC(=O)OC(C)(C)C. The average Bonchev–Trinajstić information content (AvgIpc) is 2.51. The van der Waals surface area contributed by atoms with Gasteiger partial charge in [-0.15, -0.1) is 0 Å². The summed E-state index contributed by atoms with van der Waals surface area (Å²) in [5.74, 6) is -1.80. The number of carbonyl (C=O) groups is 3. The fraction of sp³-hybridized carbons (Fsp3) is 0.571. The first kappa shape index (κ1) is 22.7. The lowest BCUT2D eigenvalue weighted by molar-refractivity contribution is -0.141. The number of carboxylic acid groups (broad SMARTS) is 1. The molecule has 2 atom stereocenters. The summed E-state index contributed by atoms with van der Waals surface area (Å²) < 4.78 is 5.28. The van der Waals surface area contributed by atoms with E-state index in [9.17, 15) is 19.5 Å². The highest BCUT2D eigenvalue weighted by Crippen LogP contribution is 2.20. The third kappa shape index (κ3) is 9.22. The minimum atomic E-state index is -1.02. The van der Waals surface area contributed by atoms with E-state index in [4.69, 9.17) is 4.74 Å². The molecule has 150 valence electrons. The van der Waals surface area contributed by atoms with Gasteiger partial charge in [0.25, 0.3) is 0 Å². The summed E-state index contributed by atoms with van der Waals surface area (Å²) in [6.45, 7) is 9.11. The van der Waals surface area contributed by atoms with E-state index in [0.717, 1.165) is 5.56 Å². The predicted octanol–water partition coefficient (Wildman–Crippen LogP) is 3.83. The number of rotatable bonds is 9. The molecule has 1 aromatic rings. The Bertz CT molecular complexity index is 634. The first-order chi connectivity index (χ1) is 12.5. The highest BCUT2D eigenvalue weighted by Gasteiger charge is 2.31. The number of Topliss-reactive ketones (excluding diaryl/α,β-unsaturated/α-hetero) is 1. The maximum absolute atomic E-state index is 13.1. The smallest absolute Gasteiger partial charge is 0.408 e. The number of carbonyl (C=O) groups excluding carboxylic acids is 2. The van der Waals surface area contributed by atoms with E-state index in [0.29, 0.717) is 6.42 Å². The summed E-state index contributed by atoms with van der Waals surface area (Å²) >= 11 is 0. The minimum absolute atomic E-state index is 0.164. The molecular weight excluding hydrogens is 346 g/mol. The van der Waals surface area contributed by atoms with Crippen LogP contribution >= 0.6 is 0 Å². The zero-order valence-electron chi connectivity index (χ0n) is 16.8. The number of hydrogen-bond acceptors (Lipinski definition) is 4. The van der Waals surface area contributed by atoms with E-state index in [1.807, 2.05) is 44.2 Å². The molecule has 6 nitrogen and oxygen atoms in total. The number of ether oxygens (including phenoxy) is 1. The van der Waals surface area contributed by atoms with Gasteiger partial charge in [-0.25, -0.2) is 4.79 Å². The molecule has 2 N–H and O–H groups in total. The van der Waals surface area contributed by atoms with E-state index >= 15 is 0 Å². The van der Waals surface area contributed by atoms with Gasteiger partial charge in [0.2, 0.25) is 0 Å². The van der Waals surface area contributed by atoms with Crippen molar-refractivity contribution >= 4 is 17.8 Å². The molecule has 0 aromatic heterocycles. The Morgan fingerprint density at radius 3 is 2.19 bits per heavy atom. The lowest BCUT2D eigenvalue weighted by atomic mass is 9.85. The van der Waals surface area contributed by atoms with Crippen LogP contribution in [0.25, 0.3) is 0 Å². The number of aliphatic carboxylic acids is 1. The number of amides is 1. The first-order valence-corrected chi connectivity index (χ1v) is 9.27. The molecule has 1 aromatic carbocycles. The van der Waals surface area contributed by atoms with E-state index in [1.54, 1.807) is 20.8 Å². The van der Waals surface area contributed by atoms with Crippen molar-refractivity contribution in [2.75, 3.05) is 0 Å². The highest BCUT2D eigenvalue weighted by molar-refractivity contribution is 5.91. The second-order valence-electron chi connectivity index (χ2n) is 8.22. The Labute approximate surface area is 161 Å². The molecule has 0 heterocycles. The van der Waals surface area contributed by atoms with E-state index in [2.05, 4.69) is 5.32 Å². The van der Waals surface area contributed by atoms with Crippen LogP contribution < -0.4 is 5.32 Å². The van der Waals surface area contributed by atoms with Gasteiger partial charge < -0.3 is 15.2 Å². The van der Waals surface area contributed by atoms with Crippen molar-refractivity contribution in [2.45, 2.75) is 65.5 Å². The van der Waals surface area contributed by atoms with Gasteiger partial charge in [-0.1, -0.05) is 44.2 Å². The normalized spacial score (nSPS) is 13.7. The van der Waals surface area contributed by atoms with E-state index in [1.165, 1.54) is 0 Å². The molecule has 0 saturated heterocycles. The summed E-state index contributed by atoms with van der Waals surface area (Å²) in [7, 11) is 0. The second-order valence-corrected chi connectivity index (χ2v) is 8.22. The van der Waals surface area contributed by atoms with Gasteiger partial charge in [0.1, 0.15) is 5.60 Å². The standard InChI is InChI=1S/C21H31NO5/c1-14(2)11-16(13-18(23)24)19(25)17(12-15-9-7-6-8-10-15)22-20(26)27-21(3,4)5/h6-10,14,16-17H,11-13H2,1-5H3,(H,22,26)(H,23,24)/t16?,17-/m0/s1. The molecule has 0 fully saturated rings. The maximum atomic E-state index is 13.1. The van der Waals surface area contributed by atoms with Crippen LogP contribution in [-0.4, -0.2) is 34.6 Å². The fourth-order valence-corrected chi connectivity index (χ4v) is 2.89. The number of benzene rings is 1. The zero-order chi connectivity index (χ0) is 20.6. The molecule has 0 aliphatic heterocycles. The van der Waals surface area contributed by atoms with Crippen LogP contribution in [0.3, 0.4) is 0 Å². The average molecular weight is 377 g/mol.